The van der Waals surface area contributed by atoms with E-state index in [9.17, 15) is 4.79 Å². The average Bonchev–Trinajstić information content (AvgIpc) is 2.37. The molecule has 1 aromatic heterocycles. The third kappa shape index (κ3) is 4.33. The zero-order valence-corrected chi connectivity index (χ0v) is 11.4. The lowest BCUT2D eigenvalue weighted by Crippen LogP contribution is -2.39. The molecule has 0 spiro atoms. The van der Waals surface area contributed by atoms with Crippen molar-refractivity contribution in [1.29, 1.82) is 0 Å². The number of methoxy groups -OCH3 is 1. The number of anilines is 1. The minimum atomic E-state index is -0.368. The number of hydrogen-bond donors (Lipinski definition) is 2. The topological polar surface area (TPSA) is 63.2 Å². The number of pyridine rings is 1. The van der Waals surface area contributed by atoms with Gasteiger partial charge in [0.1, 0.15) is 5.82 Å². The van der Waals surface area contributed by atoms with Crippen LogP contribution in [0.4, 0.5) is 5.82 Å². The normalized spacial score (nSPS) is 11.1. The molecule has 5 nitrogen and oxygen atoms in total. The van der Waals surface area contributed by atoms with Crippen LogP contribution in [-0.4, -0.2) is 36.7 Å². The van der Waals surface area contributed by atoms with Crippen molar-refractivity contribution in [2.75, 3.05) is 25.5 Å². The maximum atomic E-state index is 11.9. The van der Waals surface area contributed by atoms with Gasteiger partial charge in [-0.3, -0.25) is 4.79 Å². The molecule has 1 heterocycles. The van der Waals surface area contributed by atoms with Crippen molar-refractivity contribution in [2.24, 2.45) is 0 Å². The maximum Gasteiger partial charge on any atom is 0.251 e. The van der Waals surface area contributed by atoms with Gasteiger partial charge in [-0.25, -0.2) is 4.98 Å². The van der Waals surface area contributed by atoms with Crippen LogP contribution in [0.15, 0.2) is 18.3 Å². The first-order valence-corrected chi connectivity index (χ1v) is 6.02. The monoisotopic (exact) mass is 251 g/mol. The molecule has 0 aliphatic rings. The summed E-state index contributed by atoms with van der Waals surface area (Å²) in [6.45, 7) is 7.05. The first-order valence-electron chi connectivity index (χ1n) is 6.02. The predicted octanol–water partition coefficient (Wildman–Crippen LogP) is 1.67. The molecule has 0 saturated carbocycles. The third-order valence-corrected chi connectivity index (χ3v) is 2.61. The Morgan fingerprint density at radius 3 is 2.83 bits per heavy atom. The summed E-state index contributed by atoms with van der Waals surface area (Å²) >= 11 is 0. The molecule has 1 rings (SSSR count). The molecule has 1 aromatic rings. The van der Waals surface area contributed by atoms with Gasteiger partial charge in [0.15, 0.2) is 0 Å². The van der Waals surface area contributed by atoms with Gasteiger partial charge in [-0.1, -0.05) is 0 Å². The zero-order chi connectivity index (χ0) is 13.6. The third-order valence-electron chi connectivity index (χ3n) is 2.61. The number of carbonyl (C=O) groups is 1. The number of hydrogen-bond acceptors (Lipinski definition) is 4. The molecule has 100 valence electrons. The van der Waals surface area contributed by atoms with Crippen molar-refractivity contribution in [3.63, 3.8) is 0 Å². The number of amides is 1. The van der Waals surface area contributed by atoms with E-state index >= 15 is 0 Å². The summed E-state index contributed by atoms with van der Waals surface area (Å²) in [6, 6.07) is 3.43. The molecule has 0 aliphatic heterocycles. The summed E-state index contributed by atoms with van der Waals surface area (Å²) in [6.07, 6.45) is 1.62. The lowest BCUT2D eigenvalue weighted by Gasteiger charge is -2.23. The molecule has 5 heteroatoms. The summed E-state index contributed by atoms with van der Waals surface area (Å²) in [5.41, 5.74) is 0.223. The highest BCUT2D eigenvalue weighted by molar-refractivity contribution is 5.94. The van der Waals surface area contributed by atoms with Crippen LogP contribution in [0, 0.1) is 0 Å². The fraction of sp³-hybridized carbons (Fsp3) is 0.538. The average molecular weight is 251 g/mol. The summed E-state index contributed by atoms with van der Waals surface area (Å²) < 4.78 is 5.25. The lowest BCUT2D eigenvalue weighted by atomic mass is 10.1. The number of aromatic nitrogens is 1. The summed E-state index contributed by atoms with van der Waals surface area (Å²) in [4.78, 5) is 16.1. The van der Waals surface area contributed by atoms with E-state index in [-0.39, 0.29) is 11.5 Å². The van der Waals surface area contributed by atoms with Crippen LogP contribution in [0.5, 0.6) is 0 Å². The van der Waals surface area contributed by atoms with E-state index in [2.05, 4.69) is 15.6 Å². The van der Waals surface area contributed by atoms with Gasteiger partial charge in [-0.15, -0.1) is 0 Å². The summed E-state index contributed by atoms with van der Waals surface area (Å²) in [7, 11) is 1.63. The zero-order valence-electron chi connectivity index (χ0n) is 11.4. The largest absolute Gasteiger partial charge is 0.377 e. The van der Waals surface area contributed by atoms with Crippen molar-refractivity contribution in [1.82, 2.24) is 10.3 Å². The van der Waals surface area contributed by atoms with Crippen molar-refractivity contribution in [3.8, 4) is 0 Å². The Morgan fingerprint density at radius 2 is 2.22 bits per heavy atom. The van der Waals surface area contributed by atoms with E-state index in [1.165, 1.54) is 0 Å². The van der Waals surface area contributed by atoms with E-state index in [0.717, 1.165) is 6.54 Å². The Bertz CT molecular complexity index is 405. The molecule has 2 N–H and O–H groups in total. The summed E-state index contributed by atoms with van der Waals surface area (Å²) in [5, 5.41) is 5.91. The molecular weight excluding hydrogens is 230 g/mol. The fourth-order valence-electron chi connectivity index (χ4n) is 1.32. The van der Waals surface area contributed by atoms with Gasteiger partial charge >= 0.3 is 0 Å². The molecule has 0 aromatic carbocycles. The second-order valence-corrected chi connectivity index (χ2v) is 4.61. The van der Waals surface area contributed by atoms with E-state index in [0.29, 0.717) is 17.9 Å². The molecule has 0 unspecified atom stereocenters. The van der Waals surface area contributed by atoms with Crippen molar-refractivity contribution in [3.05, 3.63) is 23.9 Å². The molecule has 0 radical (unpaired) electrons. The van der Waals surface area contributed by atoms with Crippen molar-refractivity contribution >= 4 is 11.7 Å². The van der Waals surface area contributed by atoms with Crippen LogP contribution in [0.2, 0.25) is 0 Å². The Morgan fingerprint density at radius 1 is 1.50 bits per heavy atom. The van der Waals surface area contributed by atoms with E-state index < -0.39 is 0 Å². The second-order valence-electron chi connectivity index (χ2n) is 4.61. The molecule has 18 heavy (non-hydrogen) atoms. The lowest BCUT2D eigenvalue weighted by molar-refractivity contribution is 0.0229. The smallest absolute Gasteiger partial charge is 0.251 e. The predicted molar refractivity (Wildman–Crippen MR) is 71.8 cm³/mol. The van der Waals surface area contributed by atoms with Crippen molar-refractivity contribution in [2.45, 2.75) is 26.4 Å². The maximum absolute atomic E-state index is 11.9. The quantitative estimate of drug-likeness (QED) is 0.807. The number of rotatable bonds is 6. The van der Waals surface area contributed by atoms with E-state index in [1.54, 1.807) is 25.4 Å². The van der Waals surface area contributed by atoms with Gasteiger partial charge in [-0.05, 0) is 32.9 Å². The molecule has 0 bridgehead atoms. The molecule has 0 aliphatic carbocycles. The molecular formula is C13H21N3O2. The van der Waals surface area contributed by atoms with Gasteiger partial charge in [0, 0.05) is 32.0 Å². The van der Waals surface area contributed by atoms with Crippen LogP contribution in [-0.2, 0) is 4.74 Å². The van der Waals surface area contributed by atoms with E-state index in [1.807, 2.05) is 20.8 Å². The minimum absolute atomic E-state index is 0.123. The SMILES string of the molecule is CCNc1cc(C(=O)NCC(C)(C)OC)ccn1. The standard InChI is InChI=1S/C13H21N3O2/c1-5-14-11-8-10(6-7-15-11)12(17)16-9-13(2,3)18-4/h6-8H,5,9H2,1-4H3,(H,14,15)(H,16,17). The number of nitrogens with one attached hydrogen (secondary N) is 2. The van der Waals surface area contributed by atoms with Crippen LogP contribution >= 0.6 is 0 Å². The first kappa shape index (κ1) is 14.4. The Labute approximate surface area is 108 Å². The van der Waals surface area contributed by atoms with Crippen LogP contribution in [0.3, 0.4) is 0 Å². The highest BCUT2D eigenvalue weighted by Crippen LogP contribution is 2.08. The number of carbonyl (C=O) groups excluding carboxylic acids is 1. The van der Waals surface area contributed by atoms with Crippen LogP contribution < -0.4 is 10.6 Å². The van der Waals surface area contributed by atoms with Crippen LogP contribution in [0.25, 0.3) is 0 Å². The van der Waals surface area contributed by atoms with Gasteiger partial charge in [0.2, 0.25) is 0 Å². The summed E-state index contributed by atoms with van der Waals surface area (Å²) in [5.74, 6) is 0.581. The van der Waals surface area contributed by atoms with Crippen molar-refractivity contribution < 1.29 is 9.53 Å². The van der Waals surface area contributed by atoms with Gasteiger partial charge in [0.05, 0.1) is 5.60 Å². The van der Waals surface area contributed by atoms with Crippen LogP contribution in [0.1, 0.15) is 31.1 Å². The fourth-order valence-corrected chi connectivity index (χ4v) is 1.32. The minimum Gasteiger partial charge on any atom is -0.377 e. The first-order chi connectivity index (χ1) is 8.48. The molecule has 0 saturated heterocycles. The molecule has 1 amide bonds. The van der Waals surface area contributed by atoms with Gasteiger partial charge in [0.25, 0.3) is 5.91 Å². The van der Waals surface area contributed by atoms with Gasteiger partial charge in [-0.2, -0.15) is 0 Å². The number of nitrogens with zero attached hydrogens (tertiary/aromatic N) is 1. The molecule has 0 fully saturated rings. The Hall–Kier alpha value is -1.62. The van der Waals surface area contributed by atoms with E-state index in [4.69, 9.17) is 4.74 Å². The van der Waals surface area contributed by atoms with Gasteiger partial charge < -0.3 is 15.4 Å². The second kappa shape index (κ2) is 6.35. The highest BCUT2D eigenvalue weighted by Gasteiger charge is 2.17. The Kier molecular flexibility index (Phi) is 5.09. The molecule has 0 atom stereocenters. The highest BCUT2D eigenvalue weighted by atomic mass is 16.5. The Balaban J connectivity index is 2.64. The number of ether oxygens (including phenoxy) is 1.